The molecule has 0 amide bonds. The summed E-state index contributed by atoms with van der Waals surface area (Å²) in [5.74, 6) is 0. The molecule has 2 unspecified atom stereocenters. The number of ether oxygens (including phenoxy) is 1. The molecule has 4 heteroatoms. The van der Waals surface area contributed by atoms with Gasteiger partial charge < -0.3 is 10.5 Å². The number of nitrogens with two attached hydrogens (primary N) is 1. The first kappa shape index (κ1) is 5.41. The van der Waals surface area contributed by atoms with Gasteiger partial charge in [0.1, 0.15) is 6.10 Å². The quantitative estimate of drug-likeness (QED) is 0.456. The predicted molar refractivity (Wildman–Crippen MR) is 36.7 cm³/mol. The summed E-state index contributed by atoms with van der Waals surface area (Å²) < 4.78 is 5.95. The lowest BCUT2D eigenvalue weighted by Gasteiger charge is -1.78. The van der Waals surface area contributed by atoms with E-state index in [4.69, 9.17) is 10.5 Å². The van der Waals surface area contributed by atoms with Gasteiger partial charge in [-0.3, -0.25) is 0 Å². The van der Waals surface area contributed by atoms with Gasteiger partial charge in [-0.2, -0.15) is 0 Å². The third-order valence-electron chi connectivity index (χ3n) is 1.33. The summed E-state index contributed by atoms with van der Waals surface area (Å²) in [5.41, 5.74) is 5.35. The van der Waals surface area contributed by atoms with E-state index in [-0.39, 0.29) is 0 Å². The molecule has 8 heavy (non-hydrogen) atoms. The molecule has 0 aromatic rings. The molecule has 2 aliphatic rings. The van der Waals surface area contributed by atoms with Crippen molar-refractivity contribution < 1.29 is 4.74 Å². The van der Waals surface area contributed by atoms with Crippen LogP contribution in [-0.2, 0) is 4.74 Å². The molecular formula is C4H7NOS2. The summed E-state index contributed by atoms with van der Waals surface area (Å²) in [6, 6.07) is 0. The van der Waals surface area contributed by atoms with Crippen molar-refractivity contribution in [2.75, 3.05) is 6.54 Å². The molecule has 46 valence electrons. The lowest BCUT2D eigenvalue weighted by molar-refractivity contribution is 0.381. The monoisotopic (exact) mass is 149 g/mol. The van der Waals surface area contributed by atoms with Crippen molar-refractivity contribution in [1.82, 2.24) is 0 Å². The van der Waals surface area contributed by atoms with Crippen LogP contribution >= 0.6 is 21.6 Å². The van der Waals surface area contributed by atoms with Crippen LogP contribution in [0.5, 0.6) is 0 Å². The summed E-state index contributed by atoms with van der Waals surface area (Å²) in [7, 11) is 3.79. The van der Waals surface area contributed by atoms with Crippen LogP contribution in [0.2, 0.25) is 0 Å². The molecule has 0 aromatic heterocycles. The molecule has 2 aliphatic heterocycles. The zero-order chi connectivity index (χ0) is 5.56. The number of hydrogen-bond acceptors (Lipinski definition) is 4. The standard InChI is InChI=1S/C4H7NOS2/c5-1-2-3(6-2)4-7-8-4/h2-4H,1,5H2. The fraction of sp³-hybridized carbons (Fsp3) is 1.00. The molecular weight excluding hydrogens is 142 g/mol. The van der Waals surface area contributed by atoms with E-state index >= 15 is 0 Å². The fourth-order valence-electron chi connectivity index (χ4n) is 0.727. The summed E-state index contributed by atoms with van der Waals surface area (Å²) in [4.78, 5) is 0. The lowest BCUT2D eigenvalue weighted by atomic mass is 10.3. The van der Waals surface area contributed by atoms with Crippen molar-refractivity contribution in [2.24, 2.45) is 5.73 Å². The maximum absolute atomic E-state index is 5.35. The molecule has 2 atom stereocenters. The highest BCUT2D eigenvalue weighted by atomic mass is 33.2. The summed E-state index contributed by atoms with van der Waals surface area (Å²) in [6.07, 6.45) is 0.887. The van der Waals surface area contributed by atoms with Crippen molar-refractivity contribution in [1.29, 1.82) is 0 Å². The van der Waals surface area contributed by atoms with Crippen LogP contribution in [-0.4, -0.2) is 23.3 Å². The Hall–Kier alpha value is 0.620. The van der Waals surface area contributed by atoms with Gasteiger partial charge >= 0.3 is 0 Å². The van der Waals surface area contributed by atoms with Gasteiger partial charge in [-0.25, -0.2) is 0 Å². The first-order valence-electron chi connectivity index (χ1n) is 2.59. The van der Waals surface area contributed by atoms with Crippen molar-refractivity contribution >= 4 is 21.6 Å². The molecule has 2 rings (SSSR count). The highest BCUT2D eigenvalue weighted by Gasteiger charge is 2.50. The van der Waals surface area contributed by atoms with Gasteiger partial charge in [0.2, 0.25) is 0 Å². The Kier molecular flexibility index (Phi) is 1.22. The van der Waals surface area contributed by atoms with Crippen LogP contribution in [0.1, 0.15) is 0 Å². The Morgan fingerprint density at radius 3 is 2.62 bits per heavy atom. The minimum Gasteiger partial charge on any atom is -0.366 e. The maximum Gasteiger partial charge on any atom is 0.108 e. The SMILES string of the molecule is NCC1OC1C1SS1. The van der Waals surface area contributed by atoms with Gasteiger partial charge in [-0.1, -0.05) is 21.6 Å². The van der Waals surface area contributed by atoms with Crippen LogP contribution in [0.3, 0.4) is 0 Å². The van der Waals surface area contributed by atoms with Crippen LogP contribution in [0.25, 0.3) is 0 Å². The fourth-order valence-corrected chi connectivity index (χ4v) is 2.34. The van der Waals surface area contributed by atoms with E-state index in [2.05, 4.69) is 0 Å². The maximum atomic E-state index is 5.35. The second-order valence-corrected chi connectivity index (χ2v) is 4.79. The molecule has 0 saturated carbocycles. The molecule has 2 N–H and O–H groups in total. The third-order valence-corrected chi connectivity index (χ3v) is 3.52. The molecule has 0 bridgehead atoms. The Morgan fingerprint density at radius 2 is 2.25 bits per heavy atom. The number of rotatable bonds is 2. The molecule has 0 radical (unpaired) electrons. The Bertz CT molecular complexity index is 106. The first-order chi connectivity index (χ1) is 3.92. The van der Waals surface area contributed by atoms with Gasteiger partial charge in [0.05, 0.1) is 10.7 Å². The van der Waals surface area contributed by atoms with E-state index < -0.39 is 0 Å². The molecule has 0 aliphatic carbocycles. The number of epoxide rings is 1. The van der Waals surface area contributed by atoms with Crippen molar-refractivity contribution in [3.8, 4) is 0 Å². The summed E-state index contributed by atoms with van der Waals surface area (Å²) in [5, 5.41) is 0. The van der Waals surface area contributed by atoms with Crippen molar-refractivity contribution in [3.05, 3.63) is 0 Å². The molecule has 2 heterocycles. The van der Waals surface area contributed by atoms with Crippen LogP contribution in [0, 0.1) is 0 Å². The minimum absolute atomic E-state index is 0.391. The summed E-state index contributed by atoms with van der Waals surface area (Å²) in [6.45, 7) is 0.697. The molecule has 0 spiro atoms. The van der Waals surface area contributed by atoms with E-state index in [1.54, 1.807) is 0 Å². The van der Waals surface area contributed by atoms with E-state index in [1.807, 2.05) is 21.6 Å². The topological polar surface area (TPSA) is 38.5 Å². The van der Waals surface area contributed by atoms with Gasteiger partial charge in [0.25, 0.3) is 0 Å². The Balaban J connectivity index is 1.79. The lowest BCUT2D eigenvalue weighted by Crippen LogP contribution is -2.10. The molecule has 2 nitrogen and oxygen atoms in total. The average Bonchev–Trinajstić information content (AvgIpc) is 2.62. The third kappa shape index (κ3) is 0.857. The highest BCUT2D eigenvalue weighted by Crippen LogP contribution is 2.59. The molecule has 2 saturated heterocycles. The Labute approximate surface area is 55.9 Å². The van der Waals surface area contributed by atoms with Gasteiger partial charge in [0.15, 0.2) is 0 Å². The van der Waals surface area contributed by atoms with Crippen molar-refractivity contribution in [2.45, 2.75) is 16.8 Å². The largest absolute Gasteiger partial charge is 0.366 e. The second kappa shape index (κ2) is 1.80. The molecule has 0 aromatic carbocycles. The van der Waals surface area contributed by atoms with Gasteiger partial charge in [0, 0.05) is 6.54 Å². The van der Waals surface area contributed by atoms with E-state index in [0.717, 1.165) is 4.58 Å². The number of hydrogen-bond donors (Lipinski definition) is 1. The normalized spacial score (nSPS) is 44.6. The first-order valence-corrected chi connectivity index (χ1v) is 4.87. The molecule has 2 fully saturated rings. The van der Waals surface area contributed by atoms with Crippen LogP contribution in [0.4, 0.5) is 0 Å². The van der Waals surface area contributed by atoms with Crippen LogP contribution < -0.4 is 5.73 Å². The van der Waals surface area contributed by atoms with E-state index in [1.165, 1.54) is 0 Å². The highest BCUT2D eigenvalue weighted by molar-refractivity contribution is 8.92. The smallest absolute Gasteiger partial charge is 0.108 e. The predicted octanol–water partition coefficient (Wildman–Crippen LogP) is 0.434. The van der Waals surface area contributed by atoms with Crippen molar-refractivity contribution in [3.63, 3.8) is 0 Å². The second-order valence-electron chi connectivity index (χ2n) is 1.94. The van der Waals surface area contributed by atoms with Gasteiger partial charge in [-0.15, -0.1) is 0 Å². The average molecular weight is 149 g/mol. The van der Waals surface area contributed by atoms with Crippen LogP contribution in [0.15, 0.2) is 0 Å². The van der Waals surface area contributed by atoms with Gasteiger partial charge in [-0.05, 0) is 0 Å². The zero-order valence-corrected chi connectivity index (χ0v) is 5.87. The minimum atomic E-state index is 0.391. The Morgan fingerprint density at radius 1 is 1.50 bits per heavy atom. The summed E-state index contributed by atoms with van der Waals surface area (Å²) >= 11 is 0. The zero-order valence-electron chi connectivity index (χ0n) is 4.24. The van der Waals surface area contributed by atoms with E-state index in [0.29, 0.717) is 18.8 Å². The van der Waals surface area contributed by atoms with E-state index in [9.17, 15) is 0 Å².